The van der Waals surface area contributed by atoms with Gasteiger partial charge in [0.2, 0.25) is 6.41 Å². The van der Waals surface area contributed by atoms with Crippen LogP contribution in [0.4, 0.5) is 5.69 Å². The lowest BCUT2D eigenvalue weighted by molar-refractivity contribution is -0.105. The maximum Gasteiger partial charge on any atom is 0.211 e. The van der Waals surface area contributed by atoms with E-state index in [2.05, 4.69) is 46.5 Å². The van der Waals surface area contributed by atoms with E-state index in [1.54, 1.807) is 6.20 Å². The first-order valence-electron chi connectivity index (χ1n) is 8.87. The highest BCUT2D eigenvalue weighted by Gasteiger charge is 2.38. The number of anilines is 1. The second kappa shape index (κ2) is 7.18. The molecule has 2 aliphatic heterocycles. The summed E-state index contributed by atoms with van der Waals surface area (Å²) >= 11 is 2.03. The highest BCUT2D eigenvalue weighted by Crippen LogP contribution is 2.41. The quantitative estimate of drug-likeness (QED) is 0.824. The number of benzene rings is 1. The minimum absolute atomic E-state index is 0.676. The molecule has 1 aromatic carbocycles. The molecule has 2 unspecified atom stereocenters. The van der Waals surface area contributed by atoms with E-state index in [0.717, 1.165) is 28.5 Å². The predicted molar refractivity (Wildman–Crippen MR) is 103 cm³/mol. The number of pyridine rings is 1. The van der Waals surface area contributed by atoms with Gasteiger partial charge in [0.15, 0.2) is 0 Å². The molecule has 2 saturated heterocycles. The SMILES string of the molecule is CN1C2CCC1CC(Sc1ccc(-c3cncc(NC=O)c3)cc1)C2. The van der Waals surface area contributed by atoms with Crippen LogP contribution in [-0.4, -0.2) is 40.7 Å². The molecular weight excluding hydrogens is 330 g/mol. The Labute approximate surface area is 153 Å². The topological polar surface area (TPSA) is 45.2 Å². The monoisotopic (exact) mass is 353 g/mol. The Morgan fingerprint density at radius 1 is 1.12 bits per heavy atom. The number of hydrogen-bond donors (Lipinski definition) is 1. The van der Waals surface area contributed by atoms with Crippen LogP contribution in [0.3, 0.4) is 0 Å². The van der Waals surface area contributed by atoms with E-state index in [9.17, 15) is 4.79 Å². The molecule has 2 fully saturated rings. The zero-order chi connectivity index (χ0) is 17.2. The summed E-state index contributed by atoms with van der Waals surface area (Å²) in [5, 5.41) is 3.39. The van der Waals surface area contributed by atoms with Crippen molar-refractivity contribution in [2.75, 3.05) is 12.4 Å². The lowest BCUT2D eigenvalue weighted by Gasteiger charge is -2.36. The van der Waals surface area contributed by atoms with Crippen LogP contribution in [0.25, 0.3) is 11.1 Å². The molecule has 2 atom stereocenters. The zero-order valence-electron chi connectivity index (χ0n) is 14.4. The van der Waals surface area contributed by atoms with Crippen molar-refractivity contribution in [3.8, 4) is 11.1 Å². The van der Waals surface area contributed by atoms with E-state index in [0.29, 0.717) is 12.1 Å². The van der Waals surface area contributed by atoms with Gasteiger partial charge in [-0.15, -0.1) is 11.8 Å². The van der Waals surface area contributed by atoms with E-state index in [4.69, 9.17) is 0 Å². The number of piperidine rings is 1. The minimum Gasteiger partial charge on any atom is -0.327 e. The van der Waals surface area contributed by atoms with Gasteiger partial charge in [0.1, 0.15) is 0 Å². The summed E-state index contributed by atoms with van der Waals surface area (Å²) in [7, 11) is 2.29. The summed E-state index contributed by atoms with van der Waals surface area (Å²) in [4.78, 5) is 18.7. The minimum atomic E-state index is 0.676. The van der Waals surface area contributed by atoms with Crippen LogP contribution in [0.2, 0.25) is 0 Å². The summed E-state index contributed by atoms with van der Waals surface area (Å²) in [6.07, 6.45) is 9.51. The Hall–Kier alpha value is -1.85. The number of carbonyl (C=O) groups is 1. The second-order valence-corrected chi connectivity index (χ2v) is 8.38. The van der Waals surface area contributed by atoms with Crippen LogP contribution in [-0.2, 0) is 4.79 Å². The number of nitrogens with zero attached hydrogens (tertiary/aromatic N) is 2. The fraction of sp³-hybridized carbons (Fsp3) is 0.400. The molecule has 3 heterocycles. The summed E-state index contributed by atoms with van der Waals surface area (Å²) in [5.74, 6) is 0. The van der Waals surface area contributed by atoms with Gasteiger partial charge in [-0.25, -0.2) is 0 Å². The van der Waals surface area contributed by atoms with Gasteiger partial charge in [0, 0.05) is 34.0 Å². The fourth-order valence-electron chi connectivity index (χ4n) is 4.12. The van der Waals surface area contributed by atoms with Crippen LogP contribution in [0.15, 0.2) is 47.6 Å². The van der Waals surface area contributed by atoms with Crippen LogP contribution >= 0.6 is 11.8 Å². The van der Waals surface area contributed by atoms with E-state index in [1.165, 1.54) is 30.6 Å². The number of carbonyl (C=O) groups excluding carboxylic acids is 1. The highest BCUT2D eigenvalue weighted by molar-refractivity contribution is 8.00. The first-order chi connectivity index (χ1) is 12.2. The molecule has 0 saturated carbocycles. The third-order valence-electron chi connectivity index (χ3n) is 5.51. The molecule has 0 aliphatic carbocycles. The lowest BCUT2D eigenvalue weighted by atomic mass is 10.0. The second-order valence-electron chi connectivity index (χ2n) is 7.01. The first-order valence-corrected chi connectivity index (χ1v) is 9.75. The van der Waals surface area contributed by atoms with Gasteiger partial charge in [-0.3, -0.25) is 9.78 Å². The maximum absolute atomic E-state index is 10.6. The number of rotatable bonds is 5. The van der Waals surface area contributed by atoms with E-state index >= 15 is 0 Å². The molecule has 1 amide bonds. The van der Waals surface area contributed by atoms with Crippen molar-refractivity contribution in [1.82, 2.24) is 9.88 Å². The van der Waals surface area contributed by atoms with Gasteiger partial charge in [0.25, 0.3) is 0 Å². The first kappa shape index (κ1) is 16.6. The van der Waals surface area contributed by atoms with Gasteiger partial charge in [-0.2, -0.15) is 0 Å². The summed E-state index contributed by atoms with van der Waals surface area (Å²) in [6, 6.07) is 12.2. The molecule has 2 aliphatic rings. The van der Waals surface area contributed by atoms with Crippen molar-refractivity contribution >= 4 is 23.9 Å². The molecule has 2 aromatic rings. The summed E-state index contributed by atoms with van der Waals surface area (Å²) in [5.41, 5.74) is 2.85. The van der Waals surface area contributed by atoms with Crippen molar-refractivity contribution in [1.29, 1.82) is 0 Å². The molecule has 4 rings (SSSR count). The lowest BCUT2D eigenvalue weighted by Crippen LogP contribution is -2.40. The largest absolute Gasteiger partial charge is 0.327 e. The number of nitrogens with one attached hydrogen (secondary N) is 1. The zero-order valence-corrected chi connectivity index (χ0v) is 15.2. The van der Waals surface area contributed by atoms with Crippen LogP contribution in [0.5, 0.6) is 0 Å². The molecule has 25 heavy (non-hydrogen) atoms. The van der Waals surface area contributed by atoms with Crippen molar-refractivity contribution in [3.63, 3.8) is 0 Å². The molecule has 0 radical (unpaired) electrons. The van der Waals surface area contributed by atoms with Gasteiger partial charge in [-0.05, 0) is 56.5 Å². The number of fused-ring (bicyclic) bond motifs is 2. The van der Waals surface area contributed by atoms with Gasteiger partial charge in [-0.1, -0.05) is 12.1 Å². The standard InChI is InChI=1S/C20H23N3OS/c1-23-17-4-5-18(23)10-20(9-17)25-19-6-2-14(3-7-19)15-8-16(22-13-24)12-21-11-15/h2-3,6-8,11-13,17-18,20H,4-5,9-10H2,1H3,(H,22,24). The Kier molecular flexibility index (Phi) is 4.77. The third-order valence-corrected chi connectivity index (χ3v) is 6.77. The molecule has 1 aromatic heterocycles. The molecule has 2 bridgehead atoms. The van der Waals surface area contributed by atoms with Crippen molar-refractivity contribution in [3.05, 3.63) is 42.7 Å². The number of hydrogen-bond acceptors (Lipinski definition) is 4. The summed E-state index contributed by atoms with van der Waals surface area (Å²) in [6.45, 7) is 0. The van der Waals surface area contributed by atoms with Gasteiger partial charge >= 0.3 is 0 Å². The summed E-state index contributed by atoms with van der Waals surface area (Å²) < 4.78 is 0. The molecule has 1 N–H and O–H groups in total. The van der Waals surface area contributed by atoms with E-state index in [-0.39, 0.29) is 0 Å². The normalized spacial score (nSPS) is 25.7. The Morgan fingerprint density at radius 3 is 2.52 bits per heavy atom. The van der Waals surface area contributed by atoms with Crippen LogP contribution < -0.4 is 5.32 Å². The molecular formula is C20H23N3OS. The highest BCUT2D eigenvalue weighted by atomic mass is 32.2. The number of aromatic nitrogens is 1. The Bertz CT molecular complexity index is 735. The maximum atomic E-state index is 10.6. The number of thioether (sulfide) groups is 1. The molecule has 0 spiro atoms. The average molecular weight is 353 g/mol. The van der Waals surface area contributed by atoms with Crippen LogP contribution in [0.1, 0.15) is 25.7 Å². The van der Waals surface area contributed by atoms with Gasteiger partial charge < -0.3 is 10.2 Å². The predicted octanol–water partition coefficient (Wildman–Crippen LogP) is 4.03. The third kappa shape index (κ3) is 3.58. The molecule has 4 nitrogen and oxygen atoms in total. The van der Waals surface area contributed by atoms with Crippen molar-refractivity contribution in [2.24, 2.45) is 0 Å². The fourth-order valence-corrected chi connectivity index (χ4v) is 5.44. The van der Waals surface area contributed by atoms with Gasteiger partial charge in [0.05, 0.1) is 11.9 Å². The Morgan fingerprint density at radius 2 is 1.84 bits per heavy atom. The van der Waals surface area contributed by atoms with Crippen molar-refractivity contribution < 1.29 is 4.79 Å². The Balaban J connectivity index is 1.44. The molecule has 5 heteroatoms. The average Bonchev–Trinajstić information content (AvgIpc) is 2.84. The smallest absolute Gasteiger partial charge is 0.211 e. The molecule has 130 valence electrons. The van der Waals surface area contributed by atoms with E-state index in [1.807, 2.05) is 24.0 Å². The van der Waals surface area contributed by atoms with Crippen LogP contribution in [0, 0.1) is 0 Å². The number of amides is 1. The van der Waals surface area contributed by atoms with Crippen molar-refractivity contribution in [2.45, 2.75) is 47.9 Å². The van der Waals surface area contributed by atoms with E-state index < -0.39 is 0 Å².